The van der Waals surface area contributed by atoms with Crippen LogP contribution in [0.3, 0.4) is 0 Å². The van der Waals surface area contributed by atoms with E-state index in [2.05, 4.69) is 51.6 Å². The number of carbonyl (C=O) groups excluding carboxylic acids is 1. The minimum absolute atomic E-state index is 0.170. The number of anilines is 1. The average Bonchev–Trinajstić information content (AvgIpc) is 3.04. The molecule has 6 aromatic rings. The van der Waals surface area contributed by atoms with Crippen LogP contribution < -0.4 is 5.32 Å². The smallest absolute Gasteiger partial charge is 0.345 e. The topological polar surface area (TPSA) is 47.6 Å². The van der Waals surface area contributed by atoms with Crippen LogP contribution in [0, 0.1) is 0 Å². The number of halogens is 1. The summed E-state index contributed by atoms with van der Waals surface area (Å²) < 4.78 is 13.5. The number of fused-ring (bicyclic) bond motifs is 2. The Morgan fingerprint density at radius 1 is 0.738 bits per heavy atom. The third kappa shape index (κ3) is 5.29. The molecule has 2 atom stereocenters. The fourth-order valence-electron chi connectivity index (χ4n) is 5.71. The van der Waals surface area contributed by atoms with E-state index in [-0.39, 0.29) is 6.61 Å². The first-order valence-corrected chi connectivity index (χ1v) is 14.6. The van der Waals surface area contributed by atoms with Crippen molar-refractivity contribution >= 4 is 49.1 Å². The van der Waals surface area contributed by atoms with E-state index >= 15 is 0 Å². The Labute approximate surface area is 254 Å². The summed E-state index contributed by atoms with van der Waals surface area (Å²) in [4.78, 5) is 14.3. The number of ether oxygens (including phenoxy) is 2. The van der Waals surface area contributed by atoms with Gasteiger partial charge in [0.2, 0.25) is 5.60 Å². The molecule has 0 saturated heterocycles. The minimum Gasteiger partial charge on any atom is -0.467 e. The van der Waals surface area contributed by atoms with Crippen molar-refractivity contribution in [1.29, 1.82) is 0 Å². The molecule has 0 aromatic heterocycles. The number of hydrogen-bond donors (Lipinski definition) is 1. The molecule has 4 nitrogen and oxygen atoms in total. The lowest BCUT2D eigenvalue weighted by Crippen LogP contribution is -2.48. The lowest BCUT2D eigenvalue weighted by atomic mass is 9.81. The van der Waals surface area contributed by atoms with Crippen LogP contribution >= 0.6 is 15.9 Å². The van der Waals surface area contributed by atoms with Gasteiger partial charge < -0.3 is 14.8 Å². The van der Waals surface area contributed by atoms with Gasteiger partial charge >= 0.3 is 5.97 Å². The highest BCUT2D eigenvalue weighted by atomic mass is 79.9. The predicted octanol–water partition coefficient (Wildman–Crippen LogP) is 9.19. The fraction of sp³-hybridized carbons (Fsp3) is 0.108. The molecule has 5 heteroatoms. The third-order valence-corrected chi connectivity index (χ3v) is 8.19. The molecule has 0 heterocycles. The molecule has 0 saturated carbocycles. The molecule has 0 amide bonds. The zero-order chi connectivity index (χ0) is 28.9. The second-order valence-corrected chi connectivity index (χ2v) is 11.1. The summed E-state index contributed by atoms with van der Waals surface area (Å²) in [7, 11) is 1.41. The lowest BCUT2D eigenvalue weighted by molar-refractivity contribution is -0.177. The Balaban J connectivity index is 1.59. The van der Waals surface area contributed by atoms with E-state index in [1.807, 2.05) is 109 Å². The minimum atomic E-state index is -1.56. The fourth-order valence-corrected chi connectivity index (χ4v) is 6.11. The molecule has 0 aliphatic heterocycles. The normalized spacial score (nSPS) is 13.4. The van der Waals surface area contributed by atoms with E-state index in [0.717, 1.165) is 42.8 Å². The van der Waals surface area contributed by atoms with Crippen molar-refractivity contribution in [3.05, 3.63) is 161 Å². The molecular weight excluding hydrogens is 586 g/mol. The molecule has 6 aromatic carbocycles. The van der Waals surface area contributed by atoms with E-state index in [4.69, 9.17) is 9.47 Å². The molecule has 0 bridgehead atoms. The summed E-state index contributed by atoms with van der Waals surface area (Å²) in [6.45, 7) is 0.170. The van der Waals surface area contributed by atoms with Gasteiger partial charge in [0.1, 0.15) is 0 Å². The number of carbonyl (C=O) groups is 1. The second kappa shape index (κ2) is 12.2. The first kappa shape index (κ1) is 27.7. The van der Waals surface area contributed by atoms with Gasteiger partial charge in [-0.2, -0.15) is 0 Å². The van der Waals surface area contributed by atoms with E-state index in [9.17, 15) is 4.79 Å². The molecule has 42 heavy (non-hydrogen) atoms. The van der Waals surface area contributed by atoms with Crippen molar-refractivity contribution in [3.63, 3.8) is 0 Å². The summed E-state index contributed by atoms with van der Waals surface area (Å²) in [5, 5.41) is 8.03. The molecule has 1 N–H and O–H groups in total. The van der Waals surface area contributed by atoms with Crippen LogP contribution in [-0.2, 0) is 26.5 Å². The van der Waals surface area contributed by atoms with Crippen molar-refractivity contribution in [3.8, 4) is 0 Å². The van der Waals surface area contributed by atoms with Crippen LogP contribution in [0.5, 0.6) is 0 Å². The van der Waals surface area contributed by atoms with Crippen LogP contribution in [0.4, 0.5) is 5.69 Å². The largest absolute Gasteiger partial charge is 0.467 e. The monoisotopic (exact) mass is 615 g/mol. The Bertz CT molecular complexity index is 1790. The predicted molar refractivity (Wildman–Crippen MR) is 173 cm³/mol. The number of rotatable bonds is 9. The van der Waals surface area contributed by atoms with Crippen molar-refractivity contribution in [1.82, 2.24) is 0 Å². The lowest BCUT2D eigenvalue weighted by Gasteiger charge is -2.40. The van der Waals surface area contributed by atoms with Crippen molar-refractivity contribution in [2.24, 2.45) is 0 Å². The number of para-hydroxylation sites is 1. The van der Waals surface area contributed by atoms with Gasteiger partial charge in [-0.1, -0.05) is 125 Å². The summed E-state index contributed by atoms with van der Waals surface area (Å²) in [6, 6.07) is 45.6. The number of benzene rings is 6. The zero-order valence-corrected chi connectivity index (χ0v) is 24.8. The van der Waals surface area contributed by atoms with E-state index in [1.165, 1.54) is 7.11 Å². The van der Waals surface area contributed by atoms with Gasteiger partial charge in [0, 0.05) is 10.2 Å². The number of hydrogen-bond acceptors (Lipinski definition) is 4. The Hall–Kier alpha value is -4.45. The maximum Gasteiger partial charge on any atom is 0.345 e. The maximum absolute atomic E-state index is 14.3. The van der Waals surface area contributed by atoms with Crippen LogP contribution in [-0.4, -0.2) is 13.1 Å². The van der Waals surface area contributed by atoms with Gasteiger partial charge in [0.25, 0.3) is 0 Å². The quantitative estimate of drug-likeness (QED) is 0.130. The van der Waals surface area contributed by atoms with Crippen LogP contribution in [0.2, 0.25) is 0 Å². The van der Waals surface area contributed by atoms with E-state index in [0.29, 0.717) is 5.56 Å². The third-order valence-electron chi connectivity index (χ3n) is 7.69. The molecule has 0 spiro atoms. The standard InChI is InChI=1S/C37H30BrNO3/c1-41-36(40)37(29-17-12-18-30(38)24-29,35(26-13-4-2-5-14-26)39-31-19-6-3-7-20-31)42-25-34-32-21-10-8-15-27(32)23-28-16-9-11-22-33(28)34/h2-24,35,39H,25H2,1H3/t35-,37-/m0/s1. The Morgan fingerprint density at radius 3 is 1.95 bits per heavy atom. The number of nitrogens with one attached hydrogen (secondary N) is 1. The molecule has 0 aliphatic carbocycles. The molecule has 0 unspecified atom stereocenters. The molecule has 0 radical (unpaired) electrons. The van der Waals surface area contributed by atoms with Crippen molar-refractivity contribution in [2.45, 2.75) is 18.2 Å². The van der Waals surface area contributed by atoms with Crippen molar-refractivity contribution in [2.75, 3.05) is 12.4 Å². The summed E-state index contributed by atoms with van der Waals surface area (Å²) >= 11 is 3.63. The summed E-state index contributed by atoms with van der Waals surface area (Å²) in [5.74, 6) is -0.498. The van der Waals surface area contributed by atoms with Crippen LogP contribution in [0.1, 0.15) is 22.7 Å². The van der Waals surface area contributed by atoms with Gasteiger partial charge in [-0.15, -0.1) is 0 Å². The molecule has 0 fully saturated rings. The van der Waals surface area contributed by atoms with Gasteiger partial charge in [0.05, 0.1) is 19.8 Å². The van der Waals surface area contributed by atoms with Gasteiger partial charge in [-0.05, 0) is 68.6 Å². The molecule has 0 aliphatic rings. The summed E-state index contributed by atoms with van der Waals surface area (Å²) in [6.07, 6.45) is 0. The van der Waals surface area contributed by atoms with Gasteiger partial charge in [0.15, 0.2) is 0 Å². The Morgan fingerprint density at radius 2 is 1.33 bits per heavy atom. The molecular formula is C37H30BrNO3. The highest BCUT2D eigenvalue weighted by molar-refractivity contribution is 9.10. The van der Waals surface area contributed by atoms with Crippen LogP contribution in [0.25, 0.3) is 21.5 Å². The number of methoxy groups -OCH3 is 1. The highest BCUT2D eigenvalue weighted by Crippen LogP contribution is 2.44. The maximum atomic E-state index is 14.3. The first-order chi connectivity index (χ1) is 20.6. The van der Waals surface area contributed by atoms with Crippen LogP contribution in [0.15, 0.2) is 144 Å². The highest BCUT2D eigenvalue weighted by Gasteiger charge is 2.51. The second-order valence-electron chi connectivity index (χ2n) is 10.2. The number of esters is 1. The van der Waals surface area contributed by atoms with Gasteiger partial charge in [-0.3, -0.25) is 0 Å². The molecule has 6 rings (SSSR count). The average molecular weight is 617 g/mol. The SMILES string of the molecule is COC(=O)[C@](OCc1c2ccccc2cc2ccccc12)(c1cccc(Br)c1)[C@@H](Nc1ccccc1)c1ccccc1. The first-order valence-electron chi connectivity index (χ1n) is 13.8. The van der Waals surface area contributed by atoms with E-state index < -0.39 is 17.6 Å². The summed E-state index contributed by atoms with van der Waals surface area (Å²) in [5.41, 5.74) is 1.86. The Kier molecular flexibility index (Phi) is 8.04. The van der Waals surface area contributed by atoms with Crippen molar-refractivity contribution < 1.29 is 14.3 Å². The zero-order valence-electron chi connectivity index (χ0n) is 23.2. The van der Waals surface area contributed by atoms with Gasteiger partial charge in [-0.25, -0.2) is 4.79 Å². The molecule has 208 valence electrons. The van der Waals surface area contributed by atoms with E-state index in [1.54, 1.807) is 0 Å².